The summed E-state index contributed by atoms with van der Waals surface area (Å²) in [4.78, 5) is 12.6. The number of hydrogen-bond acceptors (Lipinski definition) is 5. The standard InChI is InChI=1S/C21H23F3N2O5S/c1-14(15-7-9-17(10-8-15)31-21(22,23)24)26-20(27)16-4-2-6-19(12-16)32(28,29)25-13-18-5-3-11-30-18/h2,4,6-10,12,14,18,25H,3,5,11,13H2,1H3,(H,26,27). The maximum atomic E-state index is 12.6. The van der Waals surface area contributed by atoms with Crippen molar-refractivity contribution in [3.63, 3.8) is 0 Å². The SMILES string of the molecule is CC(NC(=O)c1cccc(S(=O)(=O)NCC2CCCO2)c1)c1ccc(OC(F)(F)F)cc1. The number of amides is 1. The van der Waals surface area contributed by atoms with E-state index in [1.54, 1.807) is 6.92 Å². The van der Waals surface area contributed by atoms with Gasteiger partial charge in [-0.2, -0.15) is 0 Å². The molecule has 1 fully saturated rings. The van der Waals surface area contributed by atoms with Crippen molar-refractivity contribution in [1.29, 1.82) is 0 Å². The van der Waals surface area contributed by atoms with E-state index in [2.05, 4.69) is 14.8 Å². The van der Waals surface area contributed by atoms with E-state index >= 15 is 0 Å². The molecule has 2 aromatic carbocycles. The molecule has 2 unspecified atom stereocenters. The van der Waals surface area contributed by atoms with E-state index in [-0.39, 0.29) is 28.9 Å². The number of halogens is 3. The number of rotatable bonds is 8. The van der Waals surface area contributed by atoms with Gasteiger partial charge in [-0.05, 0) is 55.7 Å². The number of sulfonamides is 1. The first-order valence-electron chi connectivity index (χ1n) is 9.91. The maximum Gasteiger partial charge on any atom is 0.573 e. The maximum absolute atomic E-state index is 12.6. The molecule has 32 heavy (non-hydrogen) atoms. The fraction of sp³-hybridized carbons (Fsp3) is 0.381. The summed E-state index contributed by atoms with van der Waals surface area (Å²) >= 11 is 0. The summed E-state index contributed by atoms with van der Waals surface area (Å²) in [5.41, 5.74) is 0.684. The molecule has 3 rings (SSSR count). The van der Waals surface area contributed by atoms with Gasteiger partial charge in [0.1, 0.15) is 5.75 Å². The fourth-order valence-electron chi connectivity index (χ4n) is 3.22. The third kappa shape index (κ3) is 6.68. The Morgan fingerprint density at radius 1 is 1.22 bits per heavy atom. The zero-order valence-corrected chi connectivity index (χ0v) is 18.0. The van der Waals surface area contributed by atoms with Crippen molar-refractivity contribution in [3.8, 4) is 5.75 Å². The van der Waals surface area contributed by atoms with Crippen LogP contribution in [0, 0.1) is 0 Å². The number of benzene rings is 2. The van der Waals surface area contributed by atoms with Crippen LogP contribution < -0.4 is 14.8 Å². The van der Waals surface area contributed by atoms with Gasteiger partial charge >= 0.3 is 6.36 Å². The summed E-state index contributed by atoms with van der Waals surface area (Å²) in [6.45, 7) is 2.42. The van der Waals surface area contributed by atoms with Gasteiger partial charge in [-0.25, -0.2) is 13.1 Å². The number of ether oxygens (including phenoxy) is 2. The van der Waals surface area contributed by atoms with Crippen molar-refractivity contribution in [3.05, 3.63) is 59.7 Å². The molecule has 0 aliphatic carbocycles. The fourth-order valence-corrected chi connectivity index (χ4v) is 4.33. The molecule has 2 atom stereocenters. The second kappa shape index (κ2) is 9.88. The Morgan fingerprint density at radius 2 is 1.94 bits per heavy atom. The highest BCUT2D eigenvalue weighted by Gasteiger charge is 2.31. The molecule has 1 heterocycles. The number of carbonyl (C=O) groups is 1. The molecule has 0 saturated carbocycles. The summed E-state index contributed by atoms with van der Waals surface area (Å²) in [6.07, 6.45) is -3.28. The minimum atomic E-state index is -4.79. The van der Waals surface area contributed by atoms with E-state index in [1.807, 2.05) is 0 Å². The molecule has 11 heteroatoms. The highest BCUT2D eigenvalue weighted by Crippen LogP contribution is 2.24. The van der Waals surface area contributed by atoms with E-state index in [1.165, 1.54) is 36.4 Å². The van der Waals surface area contributed by atoms with Crippen molar-refractivity contribution in [2.45, 2.75) is 43.2 Å². The van der Waals surface area contributed by atoms with Gasteiger partial charge in [0.05, 0.1) is 17.0 Å². The predicted octanol–water partition coefficient (Wildman–Crippen LogP) is 3.53. The smallest absolute Gasteiger partial charge is 0.406 e. The Bertz CT molecular complexity index is 1040. The third-order valence-electron chi connectivity index (χ3n) is 4.89. The van der Waals surface area contributed by atoms with Crippen molar-refractivity contribution in [1.82, 2.24) is 10.0 Å². The first-order chi connectivity index (χ1) is 15.0. The van der Waals surface area contributed by atoms with Gasteiger partial charge in [-0.3, -0.25) is 4.79 Å². The largest absolute Gasteiger partial charge is 0.573 e. The number of hydrogen-bond donors (Lipinski definition) is 2. The van der Waals surface area contributed by atoms with Crippen LogP contribution in [0.4, 0.5) is 13.2 Å². The van der Waals surface area contributed by atoms with Crippen LogP contribution >= 0.6 is 0 Å². The highest BCUT2D eigenvalue weighted by molar-refractivity contribution is 7.89. The highest BCUT2D eigenvalue weighted by atomic mass is 32.2. The third-order valence-corrected chi connectivity index (χ3v) is 6.31. The first-order valence-corrected chi connectivity index (χ1v) is 11.4. The van der Waals surface area contributed by atoms with E-state index in [0.717, 1.165) is 25.0 Å². The van der Waals surface area contributed by atoms with Gasteiger partial charge in [0.15, 0.2) is 0 Å². The van der Waals surface area contributed by atoms with Crippen LogP contribution in [-0.2, 0) is 14.8 Å². The molecule has 0 spiro atoms. The van der Waals surface area contributed by atoms with Gasteiger partial charge in [-0.15, -0.1) is 13.2 Å². The molecule has 7 nitrogen and oxygen atoms in total. The van der Waals surface area contributed by atoms with Crippen molar-refractivity contribution >= 4 is 15.9 Å². The second-order valence-corrected chi connectivity index (χ2v) is 9.09. The average Bonchev–Trinajstić information content (AvgIpc) is 3.25. The molecule has 0 bridgehead atoms. The molecule has 1 aliphatic heterocycles. The average molecular weight is 472 g/mol. The summed E-state index contributed by atoms with van der Waals surface area (Å²) in [6, 6.07) is 10.2. The Labute approximate surface area is 184 Å². The normalized spacial score (nSPS) is 17.7. The molecular weight excluding hydrogens is 449 g/mol. The molecule has 174 valence electrons. The van der Waals surface area contributed by atoms with E-state index in [0.29, 0.717) is 12.2 Å². The number of nitrogens with one attached hydrogen (secondary N) is 2. The molecule has 1 amide bonds. The Morgan fingerprint density at radius 3 is 2.56 bits per heavy atom. The van der Waals surface area contributed by atoms with E-state index < -0.39 is 28.3 Å². The summed E-state index contributed by atoms with van der Waals surface area (Å²) < 4.78 is 73.6. The Hall–Kier alpha value is -2.63. The van der Waals surface area contributed by atoms with Crippen molar-refractivity contribution < 1.29 is 35.9 Å². The predicted molar refractivity (Wildman–Crippen MR) is 110 cm³/mol. The van der Waals surface area contributed by atoms with Crippen molar-refractivity contribution in [2.24, 2.45) is 0 Å². The van der Waals surface area contributed by atoms with Gasteiger partial charge in [-0.1, -0.05) is 18.2 Å². The van der Waals surface area contributed by atoms with Crippen molar-refractivity contribution in [2.75, 3.05) is 13.2 Å². The van der Waals surface area contributed by atoms with Crippen LogP contribution in [0.3, 0.4) is 0 Å². The van der Waals surface area contributed by atoms with Crippen LogP contribution in [0.1, 0.15) is 41.7 Å². The summed E-state index contributed by atoms with van der Waals surface area (Å²) in [7, 11) is -3.82. The van der Waals surface area contributed by atoms with Crippen LogP contribution in [0.15, 0.2) is 53.4 Å². The van der Waals surface area contributed by atoms with Crippen LogP contribution in [0.25, 0.3) is 0 Å². The molecule has 1 saturated heterocycles. The number of alkyl halides is 3. The zero-order chi connectivity index (χ0) is 23.4. The van der Waals surface area contributed by atoms with Gasteiger partial charge in [0, 0.05) is 18.7 Å². The van der Waals surface area contributed by atoms with Gasteiger partial charge in [0.2, 0.25) is 10.0 Å². The topological polar surface area (TPSA) is 93.7 Å². The Kier molecular flexibility index (Phi) is 7.42. The quantitative estimate of drug-likeness (QED) is 0.613. The minimum Gasteiger partial charge on any atom is -0.406 e. The lowest BCUT2D eigenvalue weighted by Crippen LogP contribution is -2.32. The van der Waals surface area contributed by atoms with Crippen LogP contribution in [0.2, 0.25) is 0 Å². The van der Waals surface area contributed by atoms with E-state index in [4.69, 9.17) is 4.74 Å². The summed E-state index contributed by atoms with van der Waals surface area (Å²) in [5, 5.41) is 2.70. The molecule has 0 radical (unpaired) electrons. The lowest BCUT2D eigenvalue weighted by Gasteiger charge is -2.16. The molecule has 2 N–H and O–H groups in total. The molecule has 1 aliphatic rings. The van der Waals surface area contributed by atoms with E-state index in [9.17, 15) is 26.4 Å². The Balaban J connectivity index is 1.63. The summed E-state index contributed by atoms with van der Waals surface area (Å²) in [5.74, 6) is -0.891. The molecular formula is C21H23F3N2O5S. The lowest BCUT2D eigenvalue weighted by atomic mass is 10.1. The monoisotopic (exact) mass is 472 g/mol. The first kappa shape index (κ1) is 24.0. The molecule has 2 aromatic rings. The van der Waals surface area contributed by atoms with Gasteiger partial charge < -0.3 is 14.8 Å². The number of carbonyl (C=O) groups excluding carboxylic acids is 1. The minimum absolute atomic E-state index is 0.0514. The second-order valence-electron chi connectivity index (χ2n) is 7.33. The van der Waals surface area contributed by atoms with Gasteiger partial charge in [0.25, 0.3) is 5.91 Å². The van der Waals surface area contributed by atoms with Crippen LogP contribution in [0.5, 0.6) is 5.75 Å². The zero-order valence-electron chi connectivity index (χ0n) is 17.2. The molecule has 0 aromatic heterocycles. The van der Waals surface area contributed by atoms with Crippen LogP contribution in [-0.4, -0.2) is 39.9 Å². The lowest BCUT2D eigenvalue weighted by molar-refractivity contribution is -0.274.